The highest BCUT2D eigenvalue weighted by molar-refractivity contribution is 5.52. The van der Waals surface area contributed by atoms with Crippen LogP contribution in [0.2, 0.25) is 0 Å². The first-order valence-corrected chi connectivity index (χ1v) is 7.58. The van der Waals surface area contributed by atoms with Crippen LogP contribution in [-0.4, -0.2) is 42.9 Å². The fourth-order valence-corrected chi connectivity index (χ4v) is 4.26. The minimum atomic E-state index is -0.309. The molecule has 1 fully saturated rings. The Morgan fingerprint density at radius 3 is 2.71 bits per heavy atom. The Hall–Kier alpha value is -1.52. The fourth-order valence-electron chi connectivity index (χ4n) is 4.26. The third-order valence-electron chi connectivity index (χ3n) is 5.22. The summed E-state index contributed by atoms with van der Waals surface area (Å²) in [4.78, 5) is 2.49. The van der Waals surface area contributed by atoms with Crippen molar-refractivity contribution in [2.24, 2.45) is 0 Å². The highest BCUT2D eigenvalue weighted by Gasteiger charge is 2.45. The van der Waals surface area contributed by atoms with Crippen molar-refractivity contribution in [1.82, 2.24) is 4.90 Å². The van der Waals surface area contributed by atoms with Gasteiger partial charge < -0.3 is 14.6 Å². The molecule has 4 nitrogen and oxygen atoms in total. The highest BCUT2D eigenvalue weighted by Crippen LogP contribution is 2.48. The Morgan fingerprint density at radius 1 is 1.19 bits per heavy atom. The second-order valence-electron chi connectivity index (χ2n) is 6.18. The minimum Gasteiger partial charge on any atom is -0.493 e. The van der Waals surface area contributed by atoms with Crippen LogP contribution in [0.3, 0.4) is 0 Å². The Kier molecular flexibility index (Phi) is 2.98. The van der Waals surface area contributed by atoms with Gasteiger partial charge in [0.15, 0.2) is 11.5 Å². The van der Waals surface area contributed by atoms with Gasteiger partial charge in [0.25, 0.3) is 0 Å². The molecule has 0 radical (unpaired) electrons. The summed E-state index contributed by atoms with van der Waals surface area (Å²) in [6, 6.07) is 4.52. The van der Waals surface area contributed by atoms with Crippen LogP contribution in [0.4, 0.5) is 0 Å². The summed E-state index contributed by atoms with van der Waals surface area (Å²) in [6.07, 6.45) is 3.84. The maximum Gasteiger partial charge on any atom is 0.161 e. The molecule has 112 valence electrons. The summed E-state index contributed by atoms with van der Waals surface area (Å²) in [5, 5.41) is 10.6. The van der Waals surface area contributed by atoms with Crippen molar-refractivity contribution < 1.29 is 14.6 Å². The second-order valence-corrected chi connectivity index (χ2v) is 6.18. The number of rotatable bonds is 2. The lowest BCUT2D eigenvalue weighted by atomic mass is 9.74. The number of fused-ring (bicyclic) bond motifs is 2. The SMILES string of the molecule is COc1cc2c(cc1OC)[C@@H]1[C@@H](O)CC=C3CCN(C2)[C@@H]31. The number of ether oxygens (including phenoxy) is 2. The van der Waals surface area contributed by atoms with Gasteiger partial charge in [0.1, 0.15) is 0 Å². The predicted molar refractivity (Wildman–Crippen MR) is 79.8 cm³/mol. The number of hydrogen-bond acceptors (Lipinski definition) is 4. The van der Waals surface area contributed by atoms with Crippen molar-refractivity contribution >= 4 is 0 Å². The maximum atomic E-state index is 10.6. The van der Waals surface area contributed by atoms with Crippen LogP contribution in [0.15, 0.2) is 23.8 Å². The number of methoxy groups -OCH3 is 2. The molecular weight excluding hydrogens is 266 g/mol. The molecule has 0 unspecified atom stereocenters. The Morgan fingerprint density at radius 2 is 1.95 bits per heavy atom. The molecule has 4 rings (SSSR count). The number of aliphatic hydroxyl groups is 1. The second kappa shape index (κ2) is 4.75. The molecule has 1 aromatic rings. The van der Waals surface area contributed by atoms with Crippen molar-refractivity contribution in [1.29, 1.82) is 0 Å². The quantitative estimate of drug-likeness (QED) is 0.846. The van der Waals surface area contributed by atoms with Gasteiger partial charge >= 0.3 is 0 Å². The van der Waals surface area contributed by atoms with Gasteiger partial charge in [0.05, 0.1) is 20.3 Å². The summed E-state index contributed by atoms with van der Waals surface area (Å²) >= 11 is 0. The largest absolute Gasteiger partial charge is 0.493 e. The van der Waals surface area contributed by atoms with Crippen molar-refractivity contribution in [2.75, 3.05) is 20.8 Å². The zero-order valence-electron chi connectivity index (χ0n) is 12.5. The van der Waals surface area contributed by atoms with E-state index in [1.165, 1.54) is 16.7 Å². The molecule has 3 aliphatic rings. The molecule has 1 N–H and O–H groups in total. The Balaban J connectivity index is 1.86. The van der Waals surface area contributed by atoms with Crippen LogP contribution >= 0.6 is 0 Å². The highest BCUT2D eigenvalue weighted by atomic mass is 16.5. The van der Waals surface area contributed by atoms with Crippen LogP contribution < -0.4 is 9.47 Å². The molecule has 2 aliphatic heterocycles. The molecule has 21 heavy (non-hydrogen) atoms. The van der Waals surface area contributed by atoms with Crippen molar-refractivity contribution in [2.45, 2.75) is 37.5 Å². The number of benzene rings is 1. The lowest BCUT2D eigenvalue weighted by Crippen LogP contribution is -2.45. The van der Waals surface area contributed by atoms with Gasteiger partial charge in [0.2, 0.25) is 0 Å². The van der Waals surface area contributed by atoms with E-state index in [9.17, 15) is 5.11 Å². The minimum absolute atomic E-state index is 0.163. The predicted octanol–water partition coefficient (Wildman–Crippen LogP) is 2.07. The molecule has 0 saturated carbocycles. The van der Waals surface area contributed by atoms with Gasteiger partial charge in [-0.25, -0.2) is 0 Å². The summed E-state index contributed by atoms with van der Waals surface area (Å²) in [5.41, 5.74) is 4.00. The molecule has 2 heterocycles. The summed E-state index contributed by atoms with van der Waals surface area (Å²) in [5.74, 6) is 1.69. The van der Waals surface area contributed by atoms with E-state index in [1.54, 1.807) is 14.2 Å². The van der Waals surface area contributed by atoms with E-state index >= 15 is 0 Å². The Labute approximate surface area is 125 Å². The molecule has 3 atom stereocenters. The van der Waals surface area contributed by atoms with E-state index in [4.69, 9.17) is 9.47 Å². The molecule has 0 bridgehead atoms. The van der Waals surface area contributed by atoms with E-state index in [-0.39, 0.29) is 12.0 Å². The first-order chi connectivity index (χ1) is 10.2. The standard InChI is InChI=1S/C17H21NO3/c1-20-14-7-11-9-18-6-5-10-3-4-13(19)16(17(10)18)12(11)8-15(14)21-2/h3,7-8,13,16-17,19H,4-6,9H2,1-2H3/t13-,16+,17-/m0/s1. The maximum absolute atomic E-state index is 10.6. The molecule has 4 heteroatoms. The zero-order valence-corrected chi connectivity index (χ0v) is 12.5. The van der Waals surface area contributed by atoms with Crippen LogP contribution in [0.5, 0.6) is 11.5 Å². The third-order valence-corrected chi connectivity index (χ3v) is 5.22. The molecular formula is C17H21NO3. The molecule has 0 aromatic heterocycles. The summed E-state index contributed by atoms with van der Waals surface area (Å²) < 4.78 is 10.9. The van der Waals surface area contributed by atoms with Crippen molar-refractivity contribution in [3.05, 3.63) is 34.9 Å². The topological polar surface area (TPSA) is 41.9 Å². The van der Waals surface area contributed by atoms with Crippen LogP contribution in [0.1, 0.15) is 29.9 Å². The summed E-state index contributed by atoms with van der Waals surface area (Å²) in [6.45, 7) is 2.02. The van der Waals surface area contributed by atoms with E-state index in [2.05, 4.69) is 23.1 Å². The van der Waals surface area contributed by atoms with Crippen LogP contribution in [-0.2, 0) is 6.54 Å². The van der Waals surface area contributed by atoms with Crippen molar-refractivity contribution in [3.8, 4) is 11.5 Å². The summed E-state index contributed by atoms with van der Waals surface area (Å²) in [7, 11) is 3.33. The van der Waals surface area contributed by atoms with Crippen LogP contribution in [0, 0.1) is 0 Å². The third kappa shape index (κ3) is 1.82. The van der Waals surface area contributed by atoms with Gasteiger partial charge in [0, 0.05) is 25.0 Å². The average Bonchev–Trinajstić information content (AvgIpc) is 2.92. The molecule has 0 amide bonds. The van der Waals surface area contributed by atoms with E-state index in [0.29, 0.717) is 6.04 Å². The lowest BCUT2D eigenvalue weighted by Gasteiger charge is -2.43. The zero-order chi connectivity index (χ0) is 14.6. The molecule has 1 saturated heterocycles. The lowest BCUT2D eigenvalue weighted by molar-refractivity contribution is 0.0828. The van der Waals surface area contributed by atoms with Crippen LogP contribution in [0.25, 0.3) is 0 Å². The van der Waals surface area contributed by atoms with E-state index in [1.807, 2.05) is 0 Å². The fraction of sp³-hybridized carbons (Fsp3) is 0.529. The van der Waals surface area contributed by atoms with Gasteiger partial charge in [-0.3, -0.25) is 4.90 Å². The molecule has 0 spiro atoms. The molecule has 1 aromatic carbocycles. The monoisotopic (exact) mass is 287 g/mol. The first-order valence-electron chi connectivity index (χ1n) is 7.58. The van der Waals surface area contributed by atoms with E-state index in [0.717, 1.165) is 37.4 Å². The van der Waals surface area contributed by atoms with Gasteiger partial charge in [-0.2, -0.15) is 0 Å². The van der Waals surface area contributed by atoms with Gasteiger partial charge in [-0.1, -0.05) is 11.6 Å². The normalized spacial score (nSPS) is 30.4. The van der Waals surface area contributed by atoms with E-state index < -0.39 is 0 Å². The average molecular weight is 287 g/mol. The van der Waals surface area contributed by atoms with Crippen molar-refractivity contribution in [3.63, 3.8) is 0 Å². The van der Waals surface area contributed by atoms with Gasteiger partial charge in [-0.15, -0.1) is 0 Å². The van der Waals surface area contributed by atoms with Gasteiger partial charge in [-0.05, 0) is 36.1 Å². The first kappa shape index (κ1) is 13.2. The number of aliphatic hydroxyl groups excluding tert-OH is 1. The molecule has 1 aliphatic carbocycles. The number of nitrogens with zero attached hydrogens (tertiary/aromatic N) is 1. The Bertz CT molecular complexity index is 610. The number of hydrogen-bond donors (Lipinski definition) is 1. The smallest absolute Gasteiger partial charge is 0.161 e.